The summed E-state index contributed by atoms with van der Waals surface area (Å²) in [7, 11) is -3.56. The van der Waals surface area contributed by atoms with Crippen LogP contribution in [-0.4, -0.2) is 43.8 Å². The van der Waals surface area contributed by atoms with Crippen LogP contribution in [0.5, 0.6) is 0 Å². The Hall–Kier alpha value is -2.13. The quantitative estimate of drug-likeness (QED) is 0.661. The van der Waals surface area contributed by atoms with Crippen molar-refractivity contribution in [2.45, 2.75) is 44.0 Å². The van der Waals surface area contributed by atoms with Crippen LogP contribution in [0, 0.1) is 5.92 Å². The summed E-state index contributed by atoms with van der Waals surface area (Å²) < 4.78 is 26.7. The van der Waals surface area contributed by atoms with Crippen LogP contribution in [0.3, 0.4) is 0 Å². The third kappa shape index (κ3) is 4.73. The lowest BCUT2D eigenvalue weighted by atomic mass is 9.98. The molecule has 0 saturated carbocycles. The number of amides is 3. The Morgan fingerprint density at radius 1 is 1.27 bits per heavy atom. The maximum atomic E-state index is 12.6. The molecule has 3 amide bonds. The molecule has 2 atom stereocenters. The normalized spacial score (nSPS) is 17.5. The minimum absolute atomic E-state index is 0.126. The van der Waals surface area contributed by atoms with E-state index in [0.29, 0.717) is 25.2 Å². The minimum Gasteiger partial charge on any atom is -0.352 e. The summed E-state index contributed by atoms with van der Waals surface area (Å²) in [5.74, 6) is -0.562. The molecule has 1 aromatic carbocycles. The van der Waals surface area contributed by atoms with E-state index in [1.165, 1.54) is 16.4 Å². The highest BCUT2D eigenvalue weighted by Gasteiger charge is 2.28. The zero-order chi connectivity index (χ0) is 19.3. The van der Waals surface area contributed by atoms with Gasteiger partial charge in [0.15, 0.2) is 0 Å². The topological polar surface area (TPSA) is 122 Å². The van der Waals surface area contributed by atoms with Gasteiger partial charge in [-0.1, -0.05) is 26.3 Å². The molecule has 26 heavy (non-hydrogen) atoms. The van der Waals surface area contributed by atoms with Crippen molar-refractivity contribution in [3.63, 3.8) is 0 Å². The standard InChI is InChI=1S/C17H26N4O4S/c1-3-12(2)15(20-17(18)23)16(22)19-13-7-6-8-14(11-13)26(24,25)21-9-4-5-10-21/h6-8,11-12,15H,3-5,9-10H2,1-2H3,(H,19,22)(H3,18,20,23)/t12-,15-/m0/s1. The number of sulfonamides is 1. The van der Waals surface area contributed by atoms with Crippen molar-refractivity contribution in [2.75, 3.05) is 18.4 Å². The second-order valence-corrected chi connectivity index (χ2v) is 8.44. The van der Waals surface area contributed by atoms with Crippen molar-refractivity contribution in [3.8, 4) is 0 Å². The second kappa shape index (κ2) is 8.50. The first-order valence-electron chi connectivity index (χ1n) is 8.72. The monoisotopic (exact) mass is 382 g/mol. The lowest BCUT2D eigenvalue weighted by Crippen LogP contribution is -2.49. The number of rotatable bonds is 7. The highest BCUT2D eigenvalue weighted by Crippen LogP contribution is 2.23. The van der Waals surface area contributed by atoms with Crippen LogP contribution >= 0.6 is 0 Å². The molecule has 0 unspecified atom stereocenters. The number of nitrogens with two attached hydrogens (primary N) is 1. The van der Waals surface area contributed by atoms with Gasteiger partial charge in [0.2, 0.25) is 15.9 Å². The first-order valence-corrected chi connectivity index (χ1v) is 10.2. The van der Waals surface area contributed by atoms with E-state index in [4.69, 9.17) is 5.73 Å². The first-order chi connectivity index (χ1) is 12.3. The smallest absolute Gasteiger partial charge is 0.312 e. The molecule has 1 heterocycles. The molecule has 8 nitrogen and oxygen atoms in total. The van der Waals surface area contributed by atoms with Gasteiger partial charge in [0.1, 0.15) is 6.04 Å². The van der Waals surface area contributed by atoms with Gasteiger partial charge in [-0.3, -0.25) is 4.79 Å². The Bertz CT molecular complexity index is 760. The zero-order valence-electron chi connectivity index (χ0n) is 15.1. The Balaban J connectivity index is 2.19. The fourth-order valence-corrected chi connectivity index (χ4v) is 4.45. The first kappa shape index (κ1) is 20.2. The van der Waals surface area contributed by atoms with Gasteiger partial charge in [-0.2, -0.15) is 4.31 Å². The molecule has 0 aromatic heterocycles. The van der Waals surface area contributed by atoms with Crippen LogP contribution in [0.15, 0.2) is 29.2 Å². The van der Waals surface area contributed by atoms with Gasteiger partial charge >= 0.3 is 6.03 Å². The van der Waals surface area contributed by atoms with Crippen molar-refractivity contribution in [1.29, 1.82) is 0 Å². The molecule has 0 aliphatic carbocycles. The summed E-state index contributed by atoms with van der Waals surface area (Å²) in [5.41, 5.74) is 5.51. The van der Waals surface area contributed by atoms with Crippen molar-refractivity contribution < 1.29 is 18.0 Å². The van der Waals surface area contributed by atoms with Gasteiger partial charge in [-0.05, 0) is 37.0 Å². The molecule has 144 valence electrons. The summed E-state index contributed by atoms with van der Waals surface area (Å²) in [6, 6.07) is 4.56. The van der Waals surface area contributed by atoms with Gasteiger partial charge in [-0.15, -0.1) is 0 Å². The van der Waals surface area contributed by atoms with Crippen LogP contribution in [0.4, 0.5) is 10.5 Å². The number of anilines is 1. The predicted octanol–water partition coefficient (Wildman–Crippen LogP) is 1.49. The number of carbonyl (C=O) groups excluding carboxylic acids is 2. The van der Waals surface area contributed by atoms with Gasteiger partial charge in [0.25, 0.3) is 0 Å². The summed E-state index contributed by atoms with van der Waals surface area (Å²) in [4.78, 5) is 23.8. The number of nitrogens with one attached hydrogen (secondary N) is 2. The third-order valence-corrected chi connectivity index (χ3v) is 6.49. The molecular formula is C17H26N4O4S. The Morgan fingerprint density at radius 2 is 1.92 bits per heavy atom. The van der Waals surface area contributed by atoms with E-state index in [9.17, 15) is 18.0 Å². The molecule has 9 heteroatoms. The van der Waals surface area contributed by atoms with Crippen LogP contribution in [0.1, 0.15) is 33.1 Å². The second-order valence-electron chi connectivity index (χ2n) is 6.50. The summed E-state index contributed by atoms with van der Waals surface area (Å²) >= 11 is 0. The van der Waals surface area contributed by atoms with E-state index < -0.39 is 28.0 Å². The van der Waals surface area contributed by atoms with E-state index in [1.807, 2.05) is 13.8 Å². The van der Waals surface area contributed by atoms with E-state index in [2.05, 4.69) is 10.6 Å². The zero-order valence-corrected chi connectivity index (χ0v) is 15.9. The van der Waals surface area contributed by atoms with Gasteiger partial charge in [0, 0.05) is 18.8 Å². The van der Waals surface area contributed by atoms with Gasteiger partial charge in [-0.25, -0.2) is 13.2 Å². The van der Waals surface area contributed by atoms with Crippen LogP contribution in [0.2, 0.25) is 0 Å². The summed E-state index contributed by atoms with van der Waals surface area (Å²) in [6.45, 7) is 4.75. The molecule has 0 radical (unpaired) electrons. The number of carbonyl (C=O) groups is 2. The predicted molar refractivity (Wildman–Crippen MR) is 99.0 cm³/mol. The van der Waals surface area contributed by atoms with E-state index in [0.717, 1.165) is 12.8 Å². The lowest BCUT2D eigenvalue weighted by Gasteiger charge is -2.23. The Labute approximate surface area is 154 Å². The summed E-state index contributed by atoms with van der Waals surface area (Å²) in [5, 5.41) is 5.11. The fourth-order valence-electron chi connectivity index (χ4n) is 2.89. The SMILES string of the molecule is CC[C@H](C)[C@H](NC(N)=O)C(=O)Nc1cccc(S(=O)(=O)N2CCCC2)c1. The van der Waals surface area contributed by atoms with Gasteiger partial charge < -0.3 is 16.4 Å². The van der Waals surface area contributed by atoms with Crippen molar-refractivity contribution in [3.05, 3.63) is 24.3 Å². The average Bonchev–Trinajstić information content (AvgIpc) is 3.14. The lowest BCUT2D eigenvalue weighted by molar-refractivity contribution is -0.119. The van der Waals surface area contributed by atoms with Crippen molar-refractivity contribution >= 4 is 27.6 Å². The summed E-state index contributed by atoms with van der Waals surface area (Å²) in [6.07, 6.45) is 2.37. The maximum absolute atomic E-state index is 12.6. The fraction of sp³-hybridized carbons (Fsp3) is 0.529. The molecular weight excluding hydrogens is 356 g/mol. The van der Waals surface area contributed by atoms with Crippen LogP contribution in [-0.2, 0) is 14.8 Å². The number of benzene rings is 1. The van der Waals surface area contributed by atoms with Gasteiger partial charge in [0.05, 0.1) is 4.90 Å². The number of nitrogens with zero attached hydrogens (tertiary/aromatic N) is 1. The minimum atomic E-state index is -3.56. The molecule has 1 aliphatic heterocycles. The van der Waals surface area contributed by atoms with E-state index in [1.54, 1.807) is 12.1 Å². The molecule has 0 spiro atoms. The molecule has 4 N–H and O–H groups in total. The average molecular weight is 382 g/mol. The molecule has 1 saturated heterocycles. The Kier molecular flexibility index (Phi) is 6.60. The molecule has 1 fully saturated rings. The largest absolute Gasteiger partial charge is 0.352 e. The molecule has 0 bridgehead atoms. The van der Waals surface area contributed by atoms with E-state index in [-0.39, 0.29) is 10.8 Å². The molecule has 2 rings (SSSR count). The van der Waals surface area contributed by atoms with E-state index >= 15 is 0 Å². The van der Waals surface area contributed by atoms with Crippen molar-refractivity contribution in [2.24, 2.45) is 11.7 Å². The molecule has 1 aromatic rings. The van der Waals surface area contributed by atoms with Crippen LogP contribution < -0.4 is 16.4 Å². The number of primary amides is 1. The highest BCUT2D eigenvalue weighted by molar-refractivity contribution is 7.89. The maximum Gasteiger partial charge on any atom is 0.312 e. The van der Waals surface area contributed by atoms with Crippen molar-refractivity contribution in [1.82, 2.24) is 9.62 Å². The Morgan fingerprint density at radius 3 is 2.50 bits per heavy atom. The molecule has 1 aliphatic rings. The van der Waals surface area contributed by atoms with Crippen LogP contribution in [0.25, 0.3) is 0 Å². The number of urea groups is 1. The third-order valence-electron chi connectivity index (χ3n) is 4.60. The number of hydrogen-bond donors (Lipinski definition) is 3. The highest BCUT2D eigenvalue weighted by atomic mass is 32.2. The number of hydrogen-bond acceptors (Lipinski definition) is 4.